The number of nitrogens with zero attached hydrogens (tertiary/aromatic N) is 4. The normalized spacial score (nSPS) is 23.8. The van der Waals surface area contributed by atoms with Crippen LogP contribution in [-0.4, -0.2) is 38.3 Å². The van der Waals surface area contributed by atoms with Gasteiger partial charge in [0.2, 0.25) is 5.96 Å². The molecule has 0 aliphatic carbocycles. The number of rotatable bonds is 2. The number of guanidine groups is 1. The molecule has 1 aliphatic heterocycles. The average molecular weight is 330 g/mol. The van der Waals surface area contributed by atoms with Gasteiger partial charge in [-0.2, -0.15) is 10.3 Å². The average Bonchev–Trinajstić information content (AvgIpc) is 2.59. The lowest BCUT2D eigenvalue weighted by atomic mass is 9.94. The fraction of sp³-hybridized carbons (Fsp3) is 0.588. The summed E-state index contributed by atoms with van der Waals surface area (Å²) in [4.78, 5) is 8.73. The number of nitriles is 1. The minimum Gasteiger partial charge on any atom is -0.324 e. The van der Waals surface area contributed by atoms with Crippen molar-refractivity contribution in [3.8, 4) is 6.19 Å². The van der Waals surface area contributed by atoms with Gasteiger partial charge in [-0.3, -0.25) is 10.3 Å². The maximum absolute atomic E-state index is 10.5. The van der Waals surface area contributed by atoms with Crippen LogP contribution in [0.3, 0.4) is 0 Å². The summed E-state index contributed by atoms with van der Waals surface area (Å²) in [5, 5.41) is 26.6. The molecule has 7 heteroatoms. The Kier molecular flexibility index (Phi) is 5.42. The number of pyridine rings is 1. The molecule has 1 unspecified atom stereocenters. The molecule has 3 N–H and O–H groups in total. The van der Waals surface area contributed by atoms with Crippen molar-refractivity contribution in [2.75, 3.05) is 5.32 Å². The Labute approximate surface area is 143 Å². The first-order valence-corrected chi connectivity index (χ1v) is 8.14. The molecule has 130 valence electrons. The van der Waals surface area contributed by atoms with Gasteiger partial charge in [-0.1, -0.05) is 0 Å². The molecule has 0 aromatic carbocycles. The van der Waals surface area contributed by atoms with Crippen molar-refractivity contribution in [2.45, 2.75) is 64.1 Å². The Morgan fingerprint density at radius 1 is 1.42 bits per heavy atom. The summed E-state index contributed by atoms with van der Waals surface area (Å²) in [6, 6.07) is 3.67. The van der Waals surface area contributed by atoms with Gasteiger partial charge >= 0.3 is 0 Å². The number of hydroxylamine groups is 2. The van der Waals surface area contributed by atoms with Crippen LogP contribution in [0.1, 0.15) is 47.0 Å². The molecule has 0 saturated carbocycles. The van der Waals surface area contributed by atoms with Gasteiger partial charge in [-0.15, -0.1) is 0 Å². The summed E-state index contributed by atoms with van der Waals surface area (Å²) < 4.78 is 0. The summed E-state index contributed by atoms with van der Waals surface area (Å²) in [7, 11) is 0. The van der Waals surface area contributed by atoms with Gasteiger partial charge in [0.1, 0.15) is 0 Å². The first-order valence-electron chi connectivity index (χ1n) is 8.14. The molecule has 1 atom stereocenters. The standard InChI is InChI=1S/C17H26N6O/c1-16(2)8-7-13(10-17(3,4)23(16)24)21-15(20-12-18)22-14-6-5-9-19-11-14/h5-6,9,11,13,24H,7-8,10H2,1-4H3,(H2,20,21,22). The second kappa shape index (κ2) is 7.16. The van der Waals surface area contributed by atoms with E-state index < -0.39 is 5.54 Å². The largest absolute Gasteiger partial charge is 0.324 e. The van der Waals surface area contributed by atoms with Gasteiger partial charge in [0.25, 0.3) is 0 Å². The van der Waals surface area contributed by atoms with Crippen molar-refractivity contribution in [3.05, 3.63) is 24.5 Å². The van der Waals surface area contributed by atoms with Crippen molar-refractivity contribution in [1.82, 2.24) is 15.4 Å². The van der Waals surface area contributed by atoms with Crippen molar-refractivity contribution in [1.29, 1.82) is 5.26 Å². The monoisotopic (exact) mass is 330 g/mol. The third-order valence-electron chi connectivity index (χ3n) is 4.38. The van der Waals surface area contributed by atoms with E-state index in [1.165, 1.54) is 5.06 Å². The Bertz CT molecular complexity index is 620. The molecule has 0 radical (unpaired) electrons. The van der Waals surface area contributed by atoms with Gasteiger partial charge in [-0.05, 0) is 59.1 Å². The van der Waals surface area contributed by atoms with Gasteiger partial charge < -0.3 is 10.5 Å². The molecule has 0 amide bonds. The second-order valence-electron chi connectivity index (χ2n) is 7.41. The van der Waals surface area contributed by atoms with E-state index in [-0.39, 0.29) is 11.6 Å². The topological polar surface area (TPSA) is 96.6 Å². The molecule has 1 saturated heterocycles. The minimum atomic E-state index is -0.403. The van der Waals surface area contributed by atoms with Crippen LogP contribution in [0.5, 0.6) is 0 Å². The number of aliphatic imine (C=N–C) groups is 1. The number of aromatic nitrogens is 1. The third kappa shape index (κ3) is 4.43. The van der Waals surface area contributed by atoms with Crippen molar-refractivity contribution < 1.29 is 5.21 Å². The molecule has 0 bridgehead atoms. The first-order chi connectivity index (χ1) is 11.2. The maximum Gasteiger partial charge on any atom is 0.209 e. The smallest absolute Gasteiger partial charge is 0.209 e. The van der Waals surface area contributed by atoms with Gasteiger partial charge in [0.15, 0.2) is 6.19 Å². The molecule has 1 aromatic rings. The lowest BCUT2D eigenvalue weighted by molar-refractivity contribution is -0.221. The van der Waals surface area contributed by atoms with Crippen LogP contribution in [0.2, 0.25) is 0 Å². The zero-order valence-electron chi connectivity index (χ0n) is 14.7. The molecule has 7 nitrogen and oxygen atoms in total. The van der Waals surface area contributed by atoms with Crippen molar-refractivity contribution >= 4 is 11.6 Å². The lowest BCUT2D eigenvalue weighted by Crippen LogP contribution is -2.52. The molecule has 2 rings (SSSR count). The summed E-state index contributed by atoms with van der Waals surface area (Å²) in [5.41, 5.74) is 0.0455. The first kappa shape index (κ1) is 18.2. The van der Waals surface area contributed by atoms with Crippen LogP contribution in [0.4, 0.5) is 5.69 Å². The van der Waals surface area contributed by atoms with E-state index in [4.69, 9.17) is 5.26 Å². The van der Waals surface area contributed by atoms with E-state index in [1.807, 2.05) is 46.0 Å². The quantitative estimate of drug-likeness (QED) is 0.334. The maximum atomic E-state index is 10.5. The second-order valence-corrected chi connectivity index (χ2v) is 7.41. The summed E-state index contributed by atoms with van der Waals surface area (Å²) in [6.45, 7) is 8.08. The van der Waals surface area contributed by atoms with Crippen LogP contribution < -0.4 is 10.6 Å². The van der Waals surface area contributed by atoms with E-state index in [2.05, 4.69) is 20.6 Å². The number of hydrogen-bond acceptors (Lipinski definition) is 5. The molecule has 1 aliphatic rings. The number of hydrogen-bond donors (Lipinski definition) is 3. The highest BCUT2D eigenvalue weighted by Gasteiger charge is 2.41. The van der Waals surface area contributed by atoms with E-state index in [9.17, 15) is 5.21 Å². The Morgan fingerprint density at radius 3 is 2.79 bits per heavy atom. The predicted octanol–water partition coefficient (Wildman–Crippen LogP) is 2.72. The Balaban J connectivity index is 2.21. The van der Waals surface area contributed by atoms with Crippen LogP contribution in [0, 0.1) is 11.5 Å². The molecule has 2 heterocycles. The lowest BCUT2D eigenvalue weighted by Gasteiger charge is -2.42. The van der Waals surface area contributed by atoms with Crippen molar-refractivity contribution in [3.63, 3.8) is 0 Å². The predicted molar refractivity (Wildman–Crippen MR) is 93.5 cm³/mol. The highest BCUT2D eigenvalue weighted by atomic mass is 16.5. The molecule has 1 fully saturated rings. The SMILES string of the molecule is CC1(C)CCC(N=C(NC#N)Nc2cccnc2)CC(C)(C)N1O. The van der Waals surface area contributed by atoms with E-state index in [0.29, 0.717) is 12.4 Å². The fourth-order valence-electron chi connectivity index (χ4n) is 3.23. The molecule has 0 spiro atoms. The zero-order valence-corrected chi connectivity index (χ0v) is 14.7. The molecular formula is C17H26N6O. The van der Waals surface area contributed by atoms with Gasteiger partial charge in [-0.25, -0.2) is 4.99 Å². The fourth-order valence-corrected chi connectivity index (χ4v) is 3.23. The summed E-state index contributed by atoms with van der Waals surface area (Å²) in [6.07, 6.45) is 7.61. The van der Waals surface area contributed by atoms with Crippen LogP contribution in [0.15, 0.2) is 29.5 Å². The summed E-state index contributed by atoms with van der Waals surface area (Å²) >= 11 is 0. The molecule has 24 heavy (non-hydrogen) atoms. The Morgan fingerprint density at radius 2 is 2.17 bits per heavy atom. The molecule has 1 aromatic heterocycles. The zero-order chi connectivity index (χ0) is 17.8. The van der Waals surface area contributed by atoms with Crippen LogP contribution in [-0.2, 0) is 0 Å². The molecular weight excluding hydrogens is 304 g/mol. The van der Waals surface area contributed by atoms with Crippen LogP contribution >= 0.6 is 0 Å². The van der Waals surface area contributed by atoms with E-state index in [0.717, 1.165) is 18.5 Å². The number of nitrogens with one attached hydrogen (secondary N) is 2. The van der Waals surface area contributed by atoms with Crippen LogP contribution in [0.25, 0.3) is 0 Å². The Hall–Kier alpha value is -2.17. The minimum absolute atomic E-state index is 0.00329. The van der Waals surface area contributed by atoms with E-state index >= 15 is 0 Å². The highest BCUT2D eigenvalue weighted by molar-refractivity contribution is 5.94. The van der Waals surface area contributed by atoms with Gasteiger partial charge in [0.05, 0.1) is 17.9 Å². The summed E-state index contributed by atoms with van der Waals surface area (Å²) in [5.74, 6) is 0.399. The van der Waals surface area contributed by atoms with E-state index in [1.54, 1.807) is 12.4 Å². The van der Waals surface area contributed by atoms with Gasteiger partial charge in [0, 0.05) is 17.3 Å². The third-order valence-corrected chi connectivity index (χ3v) is 4.38. The van der Waals surface area contributed by atoms with Crippen molar-refractivity contribution in [2.24, 2.45) is 4.99 Å². The highest BCUT2D eigenvalue weighted by Crippen LogP contribution is 2.36. The number of anilines is 1.